The molecule has 2 aromatic rings. The van der Waals surface area contributed by atoms with Gasteiger partial charge in [0.1, 0.15) is 5.82 Å². The third-order valence-corrected chi connectivity index (χ3v) is 2.35. The number of halogens is 1. The van der Waals surface area contributed by atoms with E-state index in [9.17, 15) is 4.39 Å². The van der Waals surface area contributed by atoms with E-state index in [1.54, 1.807) is 17.8 Å². The first-order chi connectivity index (χ1) is 7.09. The van der Waals surface area contributed by atoms with Crippen molar-refractivity contribution in [2.75, 3.05) is 5.73 Å². The van der Waals surface area contributed by atoms with Crippen LogP contribution >= 0.6 is 0 Å². The maximum atomic E-state index is 13.7. The molecule has 0 aliphatic carbocycles. The molecular weight excluding hydrogens is 193 g/mol. The molecule has 15 heavy (non-hydrogen) atoms. The van der Waals surface area contributed by atoms with Crippen LogP contribution in [0, 0.1) is 12.7 Å². The highest BCUT2D eigenvalue weighted by Crippen LogP contribution is 2.27. The number of hydrogen-bond donors (Lipinski definition) is 1. The number of aryl methyl sites for hydroxylation is 2. The van der Waals surface area contributed by atoms with Gasteiger partial charge >= 0.3 is 0 Å². The summed E-state index contributed by atoms with van der Waals surface area (Å²) in [4.78, 5) is 0. The molecule has 1 aromatic carbocycles. The minimum atomic E-state index is -0.273. The summed E-state index contributed by atoms with van der Waals surface area (Å²) in [6.45, 7) is 1.85. The van der Waals surface area contributed by atoms with Gasteiger partial charge in [-0.25, -0.2) is 4.39 Å². The Kier molecular flexibility index (Phi) is 2.19. The van der Waals surface area contributed by atoms with Crippen molar-refractivity contribution in [3.05, 3.63) is 35.8 Å². The Morgan fingerprint density at radius 1 is 1.40 bits per heavy atom. The summed E-state index contributed by atoms with van der Waals surface area (Å²) >= 11 is 0. The minimum absolute atomic E-state index is 0.273. The van der Waals surface area contributed by atoms with Crippen molar-refractivity contribution < 1.29 is 4.39 Å². The summed E-state index contributed by atoms with van der Waals surface area (Å²) in [6, 6.07) is 5.06. The summed E-state index contributed by atoms with van der Waals surface area (Å²) in [7, 11) is 1.74. The first-order valence-corrected chi connectivity index (χ1v) is 4.63. The largest absolute Gasteiger partial charge is 0.396 e. The van der Waals surface area contributed by atoms with Gasteiger partial charge in [0.15, 0.2) is 0 Å². The van der Waals surface area contributed by atoms with E-state index in [-0.39, 0.29) is 5.82 Å². The SMILES string of the molecule is Cc1ccc(-c2c(N)cnn2C)c(F)c1. The molecule has 0 atom stereocenters. The Labute approximate surface area is 87.3 Å². The van der Waals surface area contributed by atoms with Crippen LogP contribution in [0.15, 0.2) is 24.4 Å². The second kappa shape index (κ2) is 3.38. The zero-order valence-corrected chi connectivity index (χ0v) is 8.66. The van der Waals surface area contributed by atoms with E-state index in [0.717, 1.165) is 5.56 Å². The van der Waals surface area contributed by atoms with Crippen LogP contribution in [0.2, 0.25) is 0 Å². The molecule has 0 fully saturated rings. The van der Waals surface area contributed by atoms with Gasteiger partial charge in [-0.3, -0.25) is 4.68 Å². The summed E-state index contributed by atoms with van der Waals surface area (Å²) in [5, 5.41) is 3.98. The third kappa shape index (κ3) is 1.58. The van der Waals surface area contributed by atoms with Gasteiger partial charge in [0.2, 0.25) is 0 Å². The summed E-state index contributed by atoms with van der Waals surface area (Å²) in [5.74, 6) is -0.273. The molecule has 0 radical (unpaired) electrons. The van der Waals surface area contributed by atoms with Crippen LogP contribution in [-0.2, 0) is 7.05 Å². The molecule has 0 amide bonds. The number of nitrogens with two attached hydrogens (primary N) is 1. The lowest BCUT2D eigenvalue weighted by atomic mass is 10.1. The second-order valence-electron chi connectivity index (χ2n) is 3.56. The molecule has 2 N–H and O–H groups in total. The van der Waals surface area contributed by atoms with Crippen molar-refractivity contribution >= 4 is 5.69 Å². The molecule has 2 rings (SSSR count). The van der Waals surface area contributed by atoms with Gasteiger partial charge in [-0.1, -0.05) is 6.07 Å². The Bertz CT molecular complexity index is 483. The quantitative estimate of drug-likeness (QED) is 0.774. The molecule has 0 aliphatic rings. The van der Waals surface area contributed by atoms with Crippen LogP contribution in [-0.4, -0.2) is 9.78 Å². The Morgan fingerprint density at radius 2 is 2.13 bits per heavy atom. The lowest BCUT2D eigenvalue weighted by Gasteiger charge is -2.05. The number of rotatable bonds is 1. The molecule has 1 aromatic heterocycles. The highest BCUT2D eigenvalue weighted by atomic mass is 19.1. The average molecular weight is 205 g/mol. The number of aromatic nitrogens is 2. The molecule has 0 aliphatic heterocycles. The van der Waals surface area contributed by atoms with E-state index < -0.39 is 0 Å². The molecule has 3 nitrogen and oxygen atoms in total. The van der Waals surface area contributed by atoms with E-state index in [2.05, 4.69) is 5.10 Å². The first kappa shape index (κ1) is 9.71. The zero-order chi connectivity index (χ0) is 11.0. The summed E-state index contributed by atoms with van der Waals surface area (Å²) in [6.07, 6.45) is 1.52. The maximum absolute atomic E-state index is 13.7. The standard InChI is InChI=1S/C11H12FN3/c1-7-3-4-8(9(12)5-7)11-10(13)6-14-15(11)2/h3-6H,13H2,1-2H3. The van der Waals surface area contributed by atoms with Crippen LogP contribution in [0.1, 0.15) is 5.56 Å². The van der Waals surface area contributed by atoms with Crippen LogP contribution in [0.25, 0.3) is 11.3 Å². The molecule has 0 saturated carbocycles. The van der Waals surface area contributed by atoms with E-state index in [1.165, 1.54) is 12.3 Å². The maximum Gasteiger partial charge on any atom is 0.132 e. The van der Waals surface area contributed by atoms with Crippen molar-refractivity contribution in [3.8, 4) is 11.3 Å². The van der Waals surface area contributed by atoms with Gasteiger partial charge < -0.3 is 5.73 Å². The third-order valence-electron chi connectivity index (χ3n) is 2.35. The van der Waals surface area contributed by atoms with E-state index in [1.807, 2.05) is 13.0 Å². The lowest BCUT2D eigenvalue weighted by Crippen LogP contribution is -1.98. The van der Waals surface area contributed by atoms with E-state index in [0.29, 0.717) is 16.9 Å². The topological polar surface area (TPSA) is 43.8 Å². The molecule has 1 heterocycles. The predicted molar refractivity (Wildman–Crippen MR) is 57.8 cm³/mol. The fourth-order valence-corrected chi connectivity index (χ4v) is 1.60. The van der Waals surface area contributed by atoms with Gasteiger partial charge in [-0.15, -0.1) is 0 Å². The number of benzene rings is 1. The Hall–Kier alpha value is -1.84. The van der Waals surface area contributed by atoms with Gasteiger partial charge in [0.05, 0.1) is 17.6 Å². The first-order valence-electron chi connectivity index (χ1n) is 4.63. The fourth-order valence-electron chi connectivity index (χ4n) is 1.60. The normalized spacial score (nSPS) is 10.6. The molecule has 0 saturated heterocycles. The van der Waals surface area contributed by atoms with Crippen molar-refractivity contribution in [3.63, 3.8) is 0 Å². The van der Waals surface area contributed by atoms with Crippen molar-refractivity contribution in [2.45, 2.75) is 6.92 Å². The lowest BCUT2D eigenvalue weighted by molar-refractivity contribution is 0.627. The van der Waals surface area contributed by atoms with Gasteiger partial charge in [-0.05, 0) is 24.6 Å². The van der Waals surface area contributed by atoms with Crippen molar-refractivity contribution in [1.82, 2.24) is 9.78 Å². The smallest absolute Gasteiger partial charge is 0.132 e. The number of nitrogen functional groups attached to an aromatic ring is 1. The molecule has 4 heteroatoms. The highest BCUT2D eigenvalue weighted by Gasteiger charge is 2.12. The second-order valence-corrected chi connectivity index (χ2v) is 3.56. The Balaban J connectivity index is 2.64. The van der Waals surface area contributed by atoms with Gasteiger partial charge in [0.25, 0.3) is 0 Å². The summed E-state index contributed by atoms with van der Waals surface area (Å²) in [5.41, 5.74) is 8.21. The average Bonchev–Trinajstić information content (AvgIpc) is 2.48. The van der Waals surface area contributed by atoms with E-state index in [4.69, 9.17) is 5.73 Å². The molecule has 0 bridgehead atoms. The molecule has 78 valence electrons. The summed E-state index contributed by atoms with van der Waals surface area (Å²) < 4.78 is 15.2. The monoisotopic (exact) mass is 205 g/mol. The van der Waals surface area contributed by atoms with Gasteiger partial charge in [0, 0.05) is 12.6 Å². The van der Waals surface area contributed by atoms with Crippen LogP contribution < -0.4 is 5.73 Å². The van der Waals surface area contributed by atoms with E-state index >= 15 is 0 Å². The highest BCUT2D eigenvalue weighted by molar-refractivity contribution is 5.73. The molecule has 0 unspecified atom stereocenters. The van der Waals surface area contributed by atoms with Crippen LogP contribution in [0.5, 0.6) is 0 Å². The molecular formula is C11H12FN3. The van der Waals surface area contributed by atoms with Crippen LogP contribution in [0.4, 0.5) is 10.1 Å². The number of nitrogens with zero attached hydrogens (tertiary/aromatic N) is 2. The molecule has 0 spiro atoms. The fraction of sp³-hybridized carbons (Fsp3) is 0.182. The predicted octanol–water partition coefficient (Wildman–Crippen LogP) is 2.12. The minimum Gasteiger partial charge on any atom is -0.396 e. The van der Waals surface area contributed by atoms with Crippen LogP contribution in [0.3, 0.4) is 0 Å². The Morgan fingerprint density at radius 3 is 2.67 bits per heavy atom. The number of anilines is 1. The number of hydrogen-bond acceptors (Lipinski definition) is 2. The van der Waals surface area contributed by atoms with Crippen molar-refractivity contribution in [1.29, 1.82) is 0 Å². The van der Waals surface area contributed by atoms with Crippen molar-refractivity contribution in [2.24, 2.45) is 7.05 Å². The zero-order valence-electron chi connectivity index (χ0n) is 8.66. The van der Waals surface area contributed by atoms with Gasteiger partial charge in [-0.2, -0.15) is 5.10 Å².